The van der Waals surface area contributed by atoms with E-state index < -0.39 is 0 Å². The molecule has 1 aliphatic heterocycles. The summed E-state index contributed by atoms with van der Waals surface area (Å²) in [6.07, 6.45) is 4.04. The monoisotopic (exact) mass is 236 g/mol. The van der Waals surface area contributed by atoms with Gasteiger partial charge in [-0.05, 0) is 37.6 Å². The predicted octanol–water partition coefficient (Wildman–Crippen LogP) is 2.14. The van der Waals surface area contributed by atoms with Crippen LogP contribution in [0.5, 0.6) is 0 Å². The molecule has 96 valence electrons. The quantitative estimate of drug-likeness (QED) is 0.868. The summed E-state index contributed by atoms with van der Waals surface area (Å²) in [5.41, 5.74) is 0. The molecule has 1 aliphatic rings. The standard InChI is InChI=1S/C14H24N2O/c1-12(2)14-11-16(8-4-7-15-14)9-6-13-5-3-10-17-13/h3,5,10,12,14-15H,4,6-9,11H2,1-2H3. The molecular weight excluding hydrogens is 212 g/mol. The third kappa shape index (κ3) is 3.86. The first kappa shape index (κ1) is 12.7. The Kier molecular flexibility index (Phi) is 4.63. The molecule has 17 heavy (non-hydrogen) atoms. The molecule has 0 radical (unpaired) electrons. The fourth-order valence-electron chi connectivity index (χ4n) is 2.40. The molecular formula is C14H24N2O. The molecule has 0 aliphatic carbocycles. The Morgan fingerprint density at radius 1 is 1.53 bits per heavy atom. The van der Waals surface area contributed by atoms with E-state index in [1.165, 1.54) is 19.5 Å². The summed E-state index contributed by atoms with van der Waals surface area (Å²) in [5.74, 6) is 1.81. The number of hydrogen-bond acceptors (Lipinski definition) is 3. The molecule has 0 spiro atoms. The van der Waals surface area contributed by atoms with Crippen molar-refractivity contribution in [3.63, 3.8) is 0 Å². The van der Waals surface area contributed by atoms with Crippen molar-refractivity contribution in [3.05, 3.63) is 24.2 Å². The van der Waals surface area contributed by atoms with Gasteiger partial charge in [0.05, 0.1) is 6.26 Å². The molecule has 1 saturated heterocycles. The predicted molar refractivity (Wildman–Crippen MR) is 70.1 cm³/mol. The van der Waals surface area contributed by atoms with Crippen molar-refractivity contribution in [1.82, 2.24) is 10.2 Å². The van der Waals surface area contributed by atoms with E-state index in [0.717, 1.165) is 25.3 Å². The number of rotatable bonds is 4. The minimum absolute atomic E-state index is 0.633. The number of nitrogens with one attached hydrogen (secondary N) is 1. The fourth-order valence-corrected chi connectivity index (χ4v) is 2.40. The Morgan fingerprint density at radius 3 is 3.12 bits per heavy atom. The zero-order valence-corrected chi connectivity index (χ0v) is 11.0. The number of nitrogens with zero attached hydrogens (tertiary/aromatic N) is 1. The van der Waals surface area contributed by atoms with Crippen LogP contribution in [0.15, 0.2) is 22.8 Å². The molecule has 1 aromatic rings. The van der Waals surface area contributed by atoms with Gasteiger partial charge in [0.25, 0.3) is 0 Å². The second-order valence-corrected chi connectivity index (χ2v) is 5.29. The molecule has 0 aromatic carbocycles. The number of furan rings is 1. The van der Waals surface area contributed by atoms with Crippen LogP contribution in [0.3, 0.4) is 0 Å². The first-order valence-electron chi connectivity index (χ1n) is 6.74. The van der Waals surface area contributed by atoms with Crippen molar-refractivity contribution in [2.24, 2.45) is 5.92 Å². The van der Waals surface area contributed by atoms with Crippen LogP contribution >= 0.6 is 0 Å². The molecule has 2 rings (SSSR count). The second-order valence-electron chi connectivity index (χ2n) is 5.29. The van der Waals surface area contributed by atoms with Crippen molar-refractivity contribution >= 4 is 0 Å². The van der Waals surface area contributed by atoms with Gasteiger partial charge < -0.3 is 14.6 Å². The Hall–Kier alpha value is -0.800. The molecule has 1 fully saturated rings. The summed E-state index contributed by atoms with van der Waals surface area (Å²) in [6, 6.07) is 4.67. The van der Waals surface area contributed by atoms with Crippen LogP contribution in [0, 0.1) is 5.92 Å². The second kappa shape index (κ2) is 6.22. The smallest absolute Gasteiger partial charge is 0.105 e. The molecule has 1 unspecified atom stereocenters. The van der Waals surface area contributed by atoms with E-state index in [0.29, 0.717) is 12.0 Å². The molecule has 1 atom stereocenters. The van der Waals surface area contributed by atoms with E-state index in [1.807, 2.05) is 6.07 Å². The van der Waals surface area contributed by atoms with Crippen molar-refractivity contribution < 1.29 is 4.42 Å². The van der Waals surface area contributed by atoms with Gasteiger partial charge in [0.15, 0.2) is 0 Å². The summed E-state index contributed by atoms with van der Waals surface area (Å²) >= 11 is 0. The van der Waals surface area contributed by atoms with Gasteiger partial charge in [0.1, 0.15) is 5.76 Å². The van der Waals surface area contributed by atoms with Gasteiger partial charge in [0.2, 0.25) is 0 Å². The van der Waals surface area contributed by atoms with Crippen molar-refractivity contribution in [3.8, 4) is 0 Å². The van der Waals surface area contributed by atoms with E-state index >= 15 is 0 Å². The van der Waals surface area contributed by atoms with Gasteiger partial charge in [-0.3, -0.25) is 0 Å². The van der Waals surface area contributed by atoms with Crippen molar-refractivity contribution in [2.45, 2.75) is 32.7 Å². The van der Waals surface area contributed by atoms with E-state index in [1.54, 1.807) is 6.26 Å². The van der Waals surface area contributed by atoms with Crippen LogP contribution in [-0.2, 0) is 6.42 Å². The van der Waals surface area contributed by atoms with Gasteiger partial charge in [-0.2, -0.15) is 0 Å². The SMILES string of the molecule is CC(C)C1CN(CCc2ccco2)CCCN1. The van der Waals surface area contributed by atoms with Crippen LogP contribution in [0.2, 0.25) is 0 Å². The van der Waals surface area contributed by atoms with Crippen LogP contribution in [0.4, 0.5) is 0 Å². The average molecular weight is 236 g/mol. The molecule has 0 saturated carbocycles. The summed E-state index contributed by atoms with van der Waals surface area (Å²) in [7, 11) is 0. The maximum absolute atomic E-state index is 5.39. The molecule has 2 heterocycles. The maximum Gasteiger partial charge on any atom is 0.105 e. The Labute approximate surface area is 104 Å². The lowest BCUT2D eigenvalue weighted by Crippen LogP contribution is -2.41. The largest absolute Gasteiger partial charge is 0.469 e. The van der Waals surface area contributed by atoms with Gasteiger partial charge >= 0.3 is 0 Å². The third-order valence-electron chi connectivity index (χ3n) is 3.57. The molecule has 1 N–H and O–H groups in total. The lowest BCUT2D eigenvalue weighted by Gasteiger charge is -2.26. The highest BCUT2D eigenvalue weighted by Crippen LogP contribution is 2.10. The Morgan fingerprint density at radius 2 is 2.41 bits per heavy atom. The number of hydrogen-bond donors (Lipinski definition) is 1. The molecule has 1 aromatic heterocycles. The minimum atomic E-state index is 0.633. The van der Waals surface area contributed by atoms with Crippen LogP contribution < -0.4 is 5.32 Å². The Balaban J connectivity index is 1.82. The van der Waals surface area contributed by atoms with Crippen molar-refractivity contribution in [1.29, 1.82) is 0 Å². The first-order valence-corrected chi connectivity index (χ1v) is 6.74. The zero-order chi connectivity index (χ0) is 12.1. The topological polar surface area (TPSA) is 28.4 Å². The molecule has 0 bridgehead atoms. The highest BCUT2D eigenvalue weighted by Gasteiger charge is 2.19. The lowest BCUT2D eigenvalue weighted by atomic mass is 10.0. The summed E-state index contributed by atoms with van der Waals surface area (Å²) in [6.45, 7) is 9.23. The summed E-state index contributed by atoms with van der Waals surface area (Å²) in [5, 5.41) is 3.64. The molecule has 0 amide bonds. The lowest BCUT2D eigenvalue weighted by molar-refractivity contribution is 0.244. The van der Waals surface area contributed by atoms with E-state index in [-0.39, 0.29) is 0 Å². The van der Waals surface area contributed by atoms with E-state index in [2.05, 4.69) is 30.1 Å². The van der Waals surface area contributed by atoms with Gasteiger partial charge in [-0.15, -0.1) is 0 Å². The third-order valence-corrected chi connectivity index (χ3v) is 3.57. The highest BCUT2D eigenvalue weighted by atomic mass is 16.3. The van der Waals surface area contributed by atoms with Gasteiger partial charge in [0, 0.05) is 25.6 Å². The highest BCUT2D eigenvalue weighted by molar-refractivity contribution is 4.98. The van der Waals surface area contributed by atoms with Gasteiger partial charge in [-0.25, -0.2) is 0 Å². The maximum atomic E-state index is 5.39. The summed E-state index contributed by atoms with van der Waals surface area (Å²) in [4.78, 5) is 2.56. The average Bonchev–Trinajstić information content (AvgIpc) is 2.70. The summed E-state index contributed by atoms with van der Waals surface area (Å²) < 4.78 is 5.39. The zero-order valence-electron chi connectivity index (χ0n) is 11.0. The first-order chi connectivity index (χ1) is 8.25. The van der Waals surface area contributed by atoms with E-state index in [9.17, 15) is 0 Å². The minimum Gasteiger partial charge on any atom is -0.469 e. The molecule has 3 nitrogen and oxygen atoms in total. The van der Waals surface area contributed by atoms with Crippen LogP contribution in [0.1, 0.15) is 26.0 Å². The van der Waals surface area contributed by atoms with Crippen LogP contribution in [0.25, 0.3) is 0 Å². The van der Waals surface area contributed by atoms with E-state index in [4.69, 9.17) is 4.42 Å². The molecule has 3 heteroatoms. The van der Waals surface area contributed by atoms with Crippen molar-refractivity contribution in [2.75, 3.05) is 26.2 Å². The van der Waals surface area contributed by atoms with Gasteiger partial charge in [-0.1, -0.05) is 13.8 Å². The van der Waals surface area contributed by atoms with Crippen LogP contribution in [-0.4, -0.2) is 37.1 Å². The normalized spacial score (nSPS) is 22.9. The Bertz CT molecular complexity index is 308. The fraction of sp³-hybridized carbons (Fsp3) is 0.714.